The Balaban J connectivity index is 1.45. The molecule has 0 saturated heterocycles. The zero-order valence-electron chi connectivity index (χ0n) is 24.0. The summed E-state index contributed by atoms with van der Waals surface area (Å²) in [5.74, 6) is 0.579. The van der Waals surface area contributed by atoms with Gasteiger partial charge in [0.1, 0.15) is 11.5 Å². The molecule has 0 N–H and O–H groups in total. The Bertz CT molecular complexity index is 2520. The van der Waals surface area contributed by atoms with Gasteiger partial charge in [-0.1, -0.05) is 115 Å². The summed E-state index contributed by atoms with van der Waals surface area (Å²) in [6.45, 7) is 0. The lowest BCUT2D eigenvalue weighted by Gasteiger charge is -2.20. The quantitative estimate of drug-likeness (QED) is 0.203. The van der Waals surface area contributed by atoms with Gasteiger partial charge in [-0.15, -0.1) is 0 Å². The molecule has 0 atom stereocenters. The molecule has 2 aromatic heterocycles. The van der Waals surface area contributed by atoms with Crippen molar-refractivity contribution in [2.75, 3.05) is 0 Å². The number of hydrogen-bond acceptors (Lipinski definition) is 3. The molecule has 0 fully saturated rings. The maximum Gasteiger partial charge on any atom is 0.287 e. The molecule has 0 unspecified atom stereocenters. The molecular weight excluding hydrogens is 575 g/mol. The van der Waals surface area contributed by atoms with Crippen LogP contribution in [0.4, 0.5) is 0 Å². The van der Waals surface area contributed by atoms with E-state index in [1.54, 1.807) is 4.57 Å². The molecule has 0 bridgehead atoms. The van der Waals surface area contributed by atoms with E-state index in [4.69, 9.17) is 4.98 Å². The summed E-state index contributed by atoms with van der Waals surface area (Å²) >= 11 is 0. The molecule has 6 heteroatoms. The Labute approximate surface area is 260 Å². The maximum atomic E-state index is 15.0. The molecule has 0 radical (unpaired) electrons. The monoisotopic (exact) mass is 599 g/mol. The second-order valence-corrected chi connectivity index (χ2v) is 13.0. The Morgan fingerprint density at radius 1 is 0.511 bits per heavy atom. The van der Waals surface area contributed by atoms with Crippen LogP contribution in [0.1, 0.15) is 0 Å². The lowest BCUT2D eigenvalue weighted by molar-refractivity contribution is 0.584. The molecule has 9 rings (SSSR count). The highest BCUT2D eigenvalue weighted by molar-refractivity contribution is 7.90. The zero-order chi connectivity index (χ0) is 30.1. The normalized spacial score (nSPS) is 13.2. The molecule has 6 aromatic carbocycles. The van der Waals surface area contributed by atoms with E-state index in [0.717, 1.165) is 49.8 Å². The zero-order valence-corrected chi connectivity index (χ0v) is 24.8. The molecule has 0 amide bonds. The van der Waals surface area contributed by atoms with E-state index in [1.807, 2.05) is 109 Å². The summed E-state index contributed by atoms with van der Waals surface area (Å²) in [5.41, 5.74) is 8.27. The summed E-state index contributed by atoms with van der Waals surface area (Å²) in [4.78, 5) is 5.16. The van der Waals surface area contributed by atoms with Crippen molar-refractivity contribution >= 4 is 31.8 Å². The molecule has 5 nitrogen and oxygen atoms in total. The van der Waals surface area contributed by atoms with Crippen LogP contribution in [0.2, 0.25) is 0 Å². The van der Waals surface area contributed by atoms with Crippen LogP contribution in [0.15, 0.2) is 157 Å². The lowest BCUT2D eigenvalue weighted by Crippen LogP contribution is -2.21. The SMILES string of the molecule is O=S1(=O)c2c(nc(-c3ccccc3)n2-c2ccccc2)-c2cc(-c3ccccc3)cc3c4cc(-c5ccccc5)ccc4n1c23. The fourth-order valence-electron chi connectivity index (χ4n) is 6.65. The van der Waals surface area contributed by atoms with Gasteiger partial charge in [0, 0.05) is 27.6 Å². The highest BCUT2D eigenvalue weighted by atomic mass is 32.2. The van der Waals surface area contributed by atoms with Crippen LogP contribution < -0.4 is 0 Å². The topological polar surface area (TPSA) is 56.9 Å². The fourth-order valence-corrected chi connectivity index (χ4v) is 8.50. The molecule has 1 aliphatic heterocycles. The van der Waals surface area contributed by atoms with Crippen molar-refractivity contribution < 1.29 is 8.42 Å². The van der Waals surface area contributed by atoms with Gasteiger partial charge in [0.25, 0.3) is 10.0 Å². The molecule has 0 saturated carbocycles. The minimum atomic E-state index is -4.09. The number of fused-ring (bicyclic) bond motifs is 5. The summed E-state index contributed by atoms with van der Waals surface area (Å²) in [6, 6.07) is 50.1. The summed E-state index contributed by atoms with van der Waals surface area (Å²) in [7, 11) is -4.09. The van der Waals surface area contributed by atoms with Gasteiger partial charge in [0.2, 0.25) is 0 Å². The highest BCUT2D eigenvalue weighted by Gasteiger charge is 2.39. The predicted octanol–water partition coefficient (Wildman–Crippen LogP) is 9.20. The predicted molar refractivity (Wildman–Crippen MR) is 181 cm³/mol. The van der Waals surface area contributed by atoms with Gasteiger partial charge in [-0.25, -0.2) is 8.96 Å². The molecule has 45 heavy (non-hydrogen) atoms. The molecule has 8 aromatic rings. The van der Waals surface area contributed by atoms with Crippen LogP contribution in [0.25, 0.3) is 72.4 Å². The van der Waals surface area contributed by atoms with Gasteiger partial charge in [0.05, 0.1) is 11.0 Å². The highest BCUT2D eigenvalue weighted by Crippen LogP contribution is 2.48. The van der Waals surface area contributed by atoms with Crippen LogP contribution in [0.5, 0.6) is 0 Å². The third-order valence-electron chi connectivity index (χ3n) is 8.65. The van der Waals surface area contributed by atoms with Gasteiger partial charge < -0.3 is 0 Å². The minimum Gasteiger partial charge on any atom is -0.281 e. The molecule has 3 heterocycles. The van der Waals surface area contributed by atoms with Crippen molar-refractivity contribution in [2.45, 2.75) is 5.03 Å². The summed E-state index contributed by atoms with van der Waals surface area (Å²) in [6.07, 6.45) is 0. The van der Waals surface area contributed by atoms with E-state index in [0.29, 0.717) is 22.6 Å². The van der Waals surface area contributed by atoms with E-state index < -0.39 is 10.0 Å². The summed E-state index contributed by atoms with van der Waals surface area (Å²) < 4.78 is 33.4. The second-order valence-electron chi connectivity index (χ2n) is 11.3. The smallest absolute Gasteiger partial charge is 0.281 e. The number of benzene rings is 6. The van der Waals surface area contributed by atoms with Crippen LogP contribution in [0, 0.1) is 0 Å². The van der Waals surface area contributed by atoms with Gasteiger partial charge >= 0.3 is 0 Å². The molecule has 214 valence electrons. The van der Waals surface area contributed by atoms with Crippen molar-refractivity contribution in [3.63, 3.8) is 0 Å². The minimum absolute atomic E-state index is 0.163. The molecule has 0 aliphatic carbocycles. The van der Waals surface area contributed by atoms with Gasteiger partial charge in [0.15, 0.2) is 5.03 Å². The Morgan fingerprint density at radius 2 is 1.07 bits per heavy atom. The maximum absolute atomic E-state index is 15.0. The number of hydrogen-bond donors (Lipinski definition) is 0. The Morgan fingerprint density at radius 3 is 1.71 bits per heavy atom. The lowest BCUT2D eigenvalue weighted by atomic mass is 9.97. The number of para-hydroxylation sites is 1. The van der Waals surface area contributed by atoms with Crippen molar-refractivity contribution in [1.29, 1.82) is 0 Å². The third-order valence-corrected chi connectivity index (χ3v) is 10.4. The summed E-state index contributed by atoms with van der Waals surface area (Å²) in [5, 5.41) is 1.92. The van der Waals surface area contributed by atoms with Crippen molar-refractivity contribution in [3.05, 3.63) is 152 Å². The molecule has 0 spiro atoms. The first-order valence-electron chi connectivity index (χ1n) is 14.8. The van der Waals surface area contributed by atoms with E-state index in [9.17, 15) is 0 Å². The first-order valence-corrected chi connectivity index (χ1v) is 16.3. The first-order chi connectivity index (χ1) is 22.1. The first kappa shape index (κ1) is 25.7. The average molecular weight is 600 g/mol. The second kappa shape index (κ2) is 9.64. The molecular formula is C39H25N3O2S. The number of imidazole rings is 1. The number of rotatable bonds is 4. The Hall–Kier alpha value is -5.72. The van der Waals surface area contributed by atoms with Crippen LogP contribution >= 0.6 is 0 Å². The van der Waals surface area contributed by atoms with Gasteiger partial charge in [-0.05, 0) is 58.7 Å². The number of aromatic nitrogens is 3. The van der Waals surface area contributed by atoms with Crippen molar-refractivity contribution in [3.8, 4) is 50.6 Å². The van der Waals surface area contributed by atoms with E-state index >= 15 is 8.42 Å². The van der Waals surface area contributed by atoms with E-state index in [-0.39, 0.29) is 5.03 Å². The Kier molecular flexibility index (Phi) is 5.52. The standard InChI is InChI=1S/C39H25N3O2S/c43-45(44)39-36(40-38(28-17-9-3-10-18-28)41(39)31-19-11-4-12-20-31)34-25-30(27-15-7-2-8-16-27)24-33-32-23-29(26-13-5-1-6-14-26)21-22-35(32)42(45)37(33)34/h1-25H. The van der Waals surface area contributed by atoms with Crippen molar-refractivity contribution in [1.82, 2.24) is 13.5 Å². The van der Waals surface area contributed by atoms with Crippen LogP contribution in [-0.4, -0.2) is 21.9 Å². The van der Waals surface area contributed by atoms with E-state index in [1.165, 1.54) is 3.97 Å². The fraction of sp³-hybridized carbons (Fsp3) is 0. The van der Waals surface area contributed by atoms with Crippen LogP contribution in [0.3, 0.4) is 0 Å². The number of nitrogens with zero attached hydrogens (tertiary/aromatic N) is 3. The largest absolute Gasteiger partial charge is 0.287 e. The third kappa shape index (κ3) is 3.79. The average Bonchev–Trinajstić information content (AvgIpc) is 3.67. The van der Waals surface area contributed by atoms with Crippen molar-refractivity contribution in [2.24, 2.45) is 0 Å². The molecule has 1 aliphatic rings. The van der Waals surface area contributed by atoms with Gasteiger partial charge in [-0.2, -0.15) is 8.42 Å². The van der Waals surface area contributed by atoms with Gasteiger partial charge in [-0.3, -0.25) is 4.57 Å². The van der Waals surface area contributed by atoms with E-state index in [2.05, 4.69) is 42.5 Å². The van der Waals surface area contributed by atoms with Crippen LogP contribution in [-0.2, 0) is 10.0 Å².